The summed E-state index contributed by atoms with van der Waals surface area (Å²) in [6.07, 6.45) is 0. The summed E-state index contributed by atoms with van der Waals surface area (Å²) in [6.45, 7) is 4.12. The highest BCUT2D eigenvalue weighted by Gasteiger charge is 2.16. The normalized spacial score (nSPS) is 10.8. The van der Waals surface area contributed by atoms with Gasteiger partial charge in [0.1, 0.15) is 10.1 Å². The molecule has 0 saturated carbocycles. The van der Waals surface area contributed by atoms with Crippen LogP contribution < -0.4 is 4.74 Å². The number of para-hydroxylation sites is 1. The van der Waals surface area contributed by atoms with Gasteiger partial charge in [-0.15, -0.1) is 11.3 Å². The molecule has 0 aliphatic heterocycles. The van der Waals surface area contributed by atoms with Gasteiger partial charge in [0, 0.05) is 0 Å². The van der Waals surface area contributed by atoms with Crippen molar-refractivity contribution in [1.82, 2.24) is 0 Å². The van der Waals surface area contributed by atoms with E-state index in [1.165, 1.54) is 11.3 Å². The molecule has 20 heavy (non-hydrogen) atoms. The lowest BCUT2D eigenvalue weighted by Gasteiger charge is -2.13. The van der Waals surface area contributed by atoms with Crippen LogP contribution in [0.15, 0.2) is 30.3 Å². The average molecular weight is 329 g/mol. The number of hydrogen-bond acceptors (Lipinski definition) is 3. The Morgan fingerprint density at radius 2 is 2.00 bits per heavy atom. The Balaban J connectivity index is 2.09. The molecule has 0 aliphatic carbocycles. The van der Waals surface area contributed by atoms with Crippen LogP contribution in [0, 0.1) is 0 Å². The topological polar surface area (TPSA) is 26.3 Å². The second-order valence-corrected chi connectivity index (χ2v) is 6.93. The van der Waals surface area contributed by atoms with Crippen molar-refractivity contribution < 1.29 is 9.53 Å². The van der Waals surface area contributed by atoms with Gasteiger partial charge in [0.05, 0.1) is 9.90 Å². The quantitative estimate of drug-likeness (QED) is 0.683. The van der Waals surface area contributed by atoms with E-state index in [-0.39, 0.29) is 12.4 Å². The third kappa shape index (κ3) is 3.54. The highest BCUT2D eigenvalue weighted by molar-refractivity contribution is 7.20. The summed E-state index contributed by atoms with van der Waals surface area (Å²) >= 11 is 13.0. The average Bonchev–Trinajstić information content (AvgIpc) is 2.75. The van der Waals surface area contributed by atoms with Gasteiger partial charge in [-0.05, 0) is 23.6 Å². The highest BCUT2D eigenvalue weighted by Crippen LogP contribution is 2.32. The van der Waals surface area contributed by atoms with Gasteiger partial charge in [-0.25, -0.2) is 0 Å². The van der Waals surface area contributed by atoms with E-state index in [4.69, 9.17) is 27.9 Å². The number of thiophene rings is 1. The predicted molar refractivity (Wildman–Crippen MR) is 84.7 cm³/mol. The summed E-state index contributed by atoms with van der Waals surface area (Å²) in [5.41, 5.74) is 1.50. The molecule has 1 heterocycles. The SMILES string of the molecule is CC(C)c1ccccc1OCC(=O)c1cc(Cl)sc1Cl. The van der Waals surface area contributed by atoms with E-state index in [0.29, 0.717) is 20.2 Å². The zero-order valence-electron chi connectivity index (χ0n) is 11.2. The van der Waals surface area contributed by atoms with Crippen molar-refractivity contribution in [2.24, 2.45) is 0 Å². The third-order valence-corrected chi connectivity index (χ3v) is 4.34. The van der Waals surface area contributed by atoms with Crippen molar-refractivity contribution in [3.63, 3.8) is 0 Å². The number of rotatable bonds is 5. The van der Waals surface area contributed by atoms with E-state index in [9.17, 15) is 4.79 Å². The summed E-state index contributed by atoms with van der Waals surface area (Å²) in [5, 5.41) is 0. The van der Waals surface area contributed by atoms with Gasteiger partial charge in [0.25, 0.3) is 0 Å². The van der Waals surface area contributed by atoms with Crippen LogP contribution in [0.2, 0.25) is 8.67 Å². The number of benzene rings is 1. The minimum absolute atomic E-state index is 0.0451. The smallest absolute Gasteiger partial charge is 0.202 e. The lowest BCUT2D eigenvalue weighted by Crippen LogP contribution is -2.12. The fraction of sp³-hybridized carbons (Fsp3) is 0.267. The van der Waals surface area contributed by atoms with Gasteiger partial charge in [-0.3, -0.25) is 4.79 Å². The second kappa shape index (κ2) is 6.61. The summed E-state index contributed by atoms with van der Waals surface area (Å²) in [6, 6.07) is 9.29. The van der Waals surface area contributed by atoms with E-state index < -0.39 is 0 Å². The standard InChI is InChI=1S/C15H14Cl2O2S/c1-9(2)10-5-3-4-6-13(10)19-8-12(18)11-7-14(16)20-15(11)17/h3-7,9H,8H2,1-2H3. The molecule has 1 aromatic carbocycles. The molecule has 2 aromatic rings. The third-order valence-electron chi connectivity index (χ3n) is 2.86. The molecule has 0 N–H and O–H groups in total. The van der Waals surface area contributed by atoms with Gasteiger partial charge < -0.3 is 4.74 Å². The minimum Gasteiger partial charge on any atom is -0.485 e. The Hall–Kier alpha value is -1.03. The van der Waals surface area contributed by atoms with E-state index >= 15 is 0 Å². The molecule has 0 fully saturated rings. The van der Waals surface area contributed by atoms with Crippen LogP contribution in [0.25, 0.3) is 0 Å². The Bertz CT molecular complexity index is 620. The van der Waals surface area contributed by atoms with Crippen molar-refractivity contribution in [3.8, 4) is 5.75 Å². The van der Waals surface area contributed by atoms with Crippen LogP contribution >= 0.6 is 34.5 Å². The lowest BCUT2D eigenvalue weighted by atomic mass is 10.0. The predicted octanol–water partition coefficient (Wildman–Crippen LogP) is 5.44. The Kier molecular flexibility index (Phi) is 5.08. The Labute approximate surface area is 132 Å². The molecular weight excluding hydrogens is 315 g/mol. The monoisotopic (exact) mass is 328 g/mol. The molecule has 1 aromatic heterocycles. The first-order chi connectivity index (χ1) is 9.49. The first kappa shape index (κ1) is 15.4. The van der Waals surface area contributed by atoms with E-state index in [0.717, 1.165) is 11.3 Å². The van der Waals surface area contributed by atoms with Crippen molar-refractivity contribution >= 4 is 40.3 Å². The fourth-order valence-electron chi connectivity index (χ4n) is 1.84. The van der Waals surface area contributed by atoms with E-state index in [2.05, 4.69) is 13.8 Å². The zero-order chi connectivity index (χ0) is 14.7. The number of halogens is 2. The maximum Gasteiger partial charge on any atom is 0.202 e. The molecule has 0 atom stereocenters. The molecule has 0 saturated heterocycles. The fourth-order valence-corrected chi connectivity index (χ4v) is 3.34. The molecular formula is C15H14Cl2O2S. The number of carbonyl (C=O) groups is 1. The maximum atomic E-state index is 12.1. The molecule has 2 nitrogen and oxygen atoms in total. The molecule has 2 rings (SSSR count). The molecule has 106 valence electrons. The number of Topliss-reactive ketones (excluding diaryl/α,β-unsaturated/α-hetero) is 1. The van der Waals surface area contributed by atoms with Gasteiger partial charge in [-0.1, -0.05) is 55.2 Å². The van der Waals surface area contributed by atoms with Gasteiger partial charge in [0.15, 0.2) is 6.61 Å². The number of ether oxygens (including phenoxy) is 1. The molecule has 0 spiro atoms. The van der Waals surface area contributed by atoms with Crippen LogP contribution in [0.3, 0.4) is 0 Å². The number of hydrogen-bond donors (Lipinski definition) is 0. The van der Waals surface area contributed by atoms with Crippen molar-refractivity contribution in [3.05, 3.63) is 50.1 Å². The number of ketones is 1. The largest absolute Gasteiger partial charge is 0.485 e. The first-order valence-corrected chi connectivity index (χ1v) is 7.76. The van der Waals surface area contributed by atoms with Gasteiger partial charge in [0.2, 0.25) is 5.78 Å². The zero-order valence-corrected chi connectivity index (χ0v) is 13.5. The molecule has 5 heteroatoms. The van der Waals surface area contributed by atoms with Crippen molar-refractivity contribution in [2.75, 3.05) is 6.61 Å². The lowest BCUT2D eigenvalue weighted by molar-refractivity contribution is 0.0921. The molecule has 0 amide bonds. The van der Waals surface area contributed by atoms with E-state index in [1.54, 1.807) is 6.07 Å². The second-order valence-electron chi connectivity index (χ2n) is 4.64. The highest BCUT2D eigenvalue weighted by atomic mass is 35.5. The van der Waals surface area contributed by atoms with Gasteiger partial charge in [-0.2, -0.15) is 0 Å². The summed E-state index contributed by atoms with van der Waals surface area (Å²) in [4.78, 5) is 12.1. The van der Waals surface area contributed by atoms with Crippen LogP contribution in [-0.2, 0) is 0 Å². The first-order valence-electron chi connectivity index (χ1n) is 6.18. The summed E-state index contributed by atoms with van der Waals surface area (Å²) in [5.74, 6) is 0.894. The summed E-state index contributed by atoms with van der Waals surface area (Å²) in [7, 11) is 0. The van der Waals surface area contributed by atoms with Gasteiger partial charge >= 0.3 is 0 Å². The Morgan fingerprint density at radius 3 is 2.60 bits per heavy atom. The molecule has 0 radical (unpaired) electrons. The Morgan fingerprint density at radius 1 is 1.30 bits per heavy atom. The van der Waals surface area contributed by atoms with Crippen molar-refractivity contribution in [1.29, 1.82) is 0 Å². The molecule has 0 bridgehead atoms. The van der Waals surface area contributed by atoms with Crippen LogP contribution in [0.1, 0.15) is 35.7 Å². The van der Waals surface area contributed by atoms with Crippen molar-refractivity contribution in [2.45, 2.75) is 19.8 Å². The molecule has 0 aliphatic rings. The van der Waals surface area contributed by atoms with E-state index in [1.807, 2.05) is 24.3 Å². The molecule has 0 unspecified atom stereocenters. The summed E-state index contributed by atoms with van der Waals surface area (Å²) < 4.78 is 6.54. The number of carbonyl (C=O) groups excluding carboxylic acids is 1. The maximum absolute atomic E-state index is 12.1. The van der Waals surface area contributed by atoms with Crippen LogP contribution in [0.4, 0.5) is 0 Å². The van der Waals surface area contributed by atoms with Crippen LogP contribution in [-0.4, -0.2) is 12.4 Å². The minimum atomic E-state index is -0.170. The van der Waals surface area contributed by atoms with Crippen LogP contribution in [0.5, 0.6) is 5.75 Å².